The number of carbonyl (C=O) groups is 2. The van der Waals surface area contributed by atoms with E-state index in [4.69, 9.17) is 10.5 Å². The molecule has 0 saturated carbocycles. The number of hydrogen-bond donors (Lipinski definition) is 3. The van der Waals surface area contributed by atoms with Crippen LogP contribution >= 0.6 is 11.8 Å². The number of aliphatic hydroxyl groups is 2. The molecule has 0 radical (unpaired) electrons. The molecule has 0 aliphatic heterocycles. The summed E-state index contributed by atoms with van der Waals surface area (Å²) < 4.78 is 20.9. The summed E-state index contributed by atoms with van der Waals surface area (Å²) in [5, 5.41) is 18.8. The molecule has 0 atom stereocenters. The lowest BCUT2D eigenvalue weighted by atomic mass is 10.1. The van der Waals surface area contributed by atoms with Gasteiger partial charge >= 0.3 is 0 Å². The Morgan fingerprint density at radius 2 is 2.06 bits per heavy atom. The summed E-state index contributed by atoms with van der Waals surface area (Å²) in [7, 11) is 0. The molecule has 164 valence electrons. The van der Waals surface area contributed by atoms with Crippen LogP contribution in [0.1, 0.15) is 28.5 Å². The number of Topliss-reactive ketones (excluding diaryl/α,β-unsaturated/α-hetero) is 1. The molecule has 0 aliphatic rings. The first-order valence-corrected chi connectivity index (χ1v) is 10.5. The molecule has 31 heavy (non-hydrogen) atoms. The molecule has 1 aromatic carbocycles. The highest BCUT2D eigenvalue weighted by atomic mass is 32.2. The third-order valence-electron chi connectivity index (χ3n) is 4.52. The predicted molar refractivity (Wildman–Crippen MR) is 111 cm³/mol. The number of hydrogen-bond acceptors (Lipinski definition) is 8. The van der Waals surface area contributed by atoms with Crippen molar-refractivity contribution in [3.8, 4) is 5.88 Å². The van der Waals surface area contributed by atoms with E-state index in [0.29, 0.717) is 22.8 Å². The van der Waals surface area contributed by atoms with Gasteiger partial charge < -0.3 is 25.3 Å². The van der Waals surface area contributed by atoms with Crippen molar-refractivity contribution in [2.45, 2.75) is 31.3 Å². The van der Waals surface area contributed by atoms with E-state index in [9.17, 15) is 24.2 Å². The molecule has 4 N–H and O–H groups in total. The molecule has 11 heteroatoms. The normalized spacial score (nSPS) is 11.3. The van der Waals surface area contributed by atoms with Crippen LogP contribution in [0.5, 0.6) is 5.88 Å². The zero-order chi connectivity index (χ0) is 22.7. The molecule has 0 aliphatic carbocycles. The fourth-order valence-electron chi connectivity index (χ4n) is 3.30. The smallest absolute Gasteiger partial charge is 0.289 e. The van der Waals surface area contributed by atoms with Crippen LogP contribution < -0.4 is 10.5 Å². The Morgan fingerprint density at radius 1 is 1.32 bits per heavy atom. The van der Waals surface area contributed by atoms with E-state index in [2.05, 4.69) is 9.97 Å². The lowest BCUT2D eigenvalue weighted by Crippen LogP contribution is -2.24. The zero-order valence-electron chi connectivity index (χ0n) is 16.8. The summed E-state index contributed by atoms with van der Waals surface area (Å²) in [6, 6.07) is 5.97. The molecule has 2 heterocycles. The second-order valence-electron chi connectivity index (χ2n) is 6.59. The third kappa shape index (κ3) is 4.68. The van der Waals surface area contributed by atoms with E-state index in [-0.39, 0.29) is 29.0 Å². The summed E-state index contributed by atoms with van der Waals surface area (Å²) in [5.41, 5.74) is 6.61. The van der Waals surface area contributed by atoms with Gasteiger partial charge in [0.25, 0.3) is 11.7 Å². The van der Waals surface area contributed by atoms with Crippen LogP contribution in [0.15, 0.2) is 29.4 Å². The Kier molecular flexibility index (Phi) is 6.88. The Bertz CT molecular complexity index is 1150. The summed E-state index contributed by atoms with van der Waals surface area (Å²) in [5.74, 6) is -2.61. The molecule has 0 fully saturated rings. The first kappa shape index (κ1) is 22.7. The number of nitrogens with two attached hydrogens (primary N) is 1. The number of fused-ring (bicyclic) bond motifs is 1. The van der Waals surface area contributed by atoms with E-state index >= 15 is 0 Å². The fourth-order valence-corrected chi connectivity index (χ4v) is 3.66. The van der Waals surface area contributed by atoms with Crippen molar-refractivity contribution in [2.75, 3.05) is 12.9 Å². The van der Waals surface area contributed by atoms with Gasteiger partial charge in [0.2, 0.25) is 5.88 Å². The monoisotopic (exact) mass is 448 g/mol. The highest BCUT2D eigenvalue weighted by Crippen LogP contribution is 2.34. The van der Waals surface area contributed by atoms with Crippen LogP contribution in [-0.4, -0.2) is 55.6 Å². The second-order valence-corrected chi connectivity index (χ2v) is 7.36. The number of thioether (sulfide) groups is 1. The van der Waals surface area contributed by atoms with Gasteiger partial charge in [-0.15, -0.1) is 0 Å². The summed E-state index contributed by atoms with van der Waals surface area (Å²) in [4.78, 5) is 33.2. The van der Waals surface area contributed by atoms with E-state index in [1.807, 2.05) is 0 Å². The maximum atomic E-state index is 13.7. The maximum absolute atomic E-state index is 13.7. The molecule has 1 amide bonds. The Balaban J connectivity index is 2.34. The van der Waals surface area contributed by atoms with Gasteiger partial charge in [-0.25, -0.2) is 9.37 Å². The topological polar surface area (TPSA) is 141 Å². The molecule has 3 aromatic rings. The minimum Gasteiger partial charge on any atom is -0.472 e. The molecule has 2 aromatic heterocycles. The summed E-state index contributed by atoms with van der Waals surface area (Å²) >= 11 is 1.21. The van der Waals surface area contributed by atoms with Crippen molar-refractivity contribution in [3.05, 3.63) is 46.9 Å². The Hall–Kier alpha value is -3.02. The van der Waals surface area contributed by atoms with E-state index in [0.717, 1.165) is 0 Å². The molecular formula is C20H21FN4O5S. The fraction of sp³-hybridized carbons (Fsp3) is 0.300. The number of rotatable bonds is 9. The van der Waals surface area contributed by atoms with Crippen molar-refractivity contribution < 1.29 is 28.9 Å². The van der Waals surface area contributed by atoms with Gasteiger partial charge in [0, 0.05) is 12.2 Å². The summed E-state index contributed by atoms with van der Waals surface area (Å²) in [6.07, 6.45) is 0.288. The number of primary amides is 1. The van der Waals surface area contributed by atoms with Gasteiger partial charge in [0.15, 0.2) is 11.4 Å². The number of aliphatic hydroxyl groups excluding tert-OH is 1. The van der Waals surface area contributed by atoms with Crippen molar-refractivity contribution in [1.82, 2.24) is 14.5 Å². The lowest BCUT2D eigenvalue weighted by molar-refractivity contribution is -0.114. The lowest BCUT2D eigenvalue weighted by Gasteiger charge is -2.11. The van der Waals surface area contributed by atoms with Gasteiger partial charge in [-0.1, -0.05) is 30.8 Å². The van der Waals surface area contributed by atoms with Crippen molar-refractivity contribution in [2.24, 2.45) is 5.73 Å². The standard InChI is InChI=1S/C20H21FN4O5S/c1-3-12-14(16(28)17(22)29)15-18(25(12)8-10-5-4-6-11(21)7-10)23-20(31-2)24-19(15)30-9-13(26)27/h4-7,13,26-27H,3,8-9H2,1-2H3,(H2,22,29). The zero-order valence-corrected chi connectivity index (χ0v) is 17.6. The SMILES string of the molecule is CCc1c(C(=O)C(N)=O)c2c(OCC(O)O)nc(SC)nc2n1Cc1cccc(F)c1. The molecule has 3 rings (SSSR count). The van der Waals surface area contributed by atoms with E-state index in [1.54, 1.807) is 29.9 Å². The first-order chi connectivity index (χ1) is 14.8. The number of ketones is 1. The van der Waals surface area contributed by atoms with Crippen molar-refractivity contribution in [1.29, 1.82) is 0 Å². The Morgan fingerprint density at radius 3 is 2.65 bits per heavy atom. The van der Waals surface area contributed by atoms with Gasteiger partial charge in [0.1, 0.15) is 18.1 Å². The maximum Gasteiger partial charge on any atom is 0.289 e. The third-order valence-corrected chi connectivity index (χ3v) is 5.07. The van der Waals surface area contributed by atoms with Crippen LogP contribution in [0.25, 0.3) is 11.0 Å². The predicted octanol–water partition coefficient (Wildman–Crippen LogP) is 1.26. The minimum atomic E-state index is -1.78. The number of carbonyl (C=O) groups excluding carboxylic acids is 2. The van der Waals surface area contributed by atoms with Gasteiger partial charge in [0.05, 0.1) is 10.9 Å². The quantitative estimate of drug-likeness (QED) is 0.146. The largest absolute Gasteiger partial charge is 0.472 e. The van der Waals surface area contributed by atoms with Gasteiger partial charge in [-0.3, -0.25) is 9.59 Å². The Labute approximate surface area is 181 Å². The molecule has 9 nitrogen and oxygen atoms in total. The van der Waals surface area contributed by atoms with E-state index in [1.165, 1.54) is 23.9 Å². The first-order valence-electron chi connectivity index (χ1n) is 9.31. The molecule has 0 bridgehead atoms. The molecule has 0 unspecified atom stereocenters. The average molecular weight is 448 g/mol. The van der Waals surface area contributed by atoms with Crippen LogP contribution in [0.2, 0.25) is 0 Å². The van der Waals surface area contributed by atoms with Crippen LogP contribution in [0.3, 0.4) is 0 Å². The van der Waals surface area contributed by atoms with Gasteiger partial charge in [-0.2, -0.15) is 4.98 Å². The molecular weight excluding hydrogens is 427 g/mol. The summed E-state index contributed by atoms with van der Waals surface area (Å²) in [6.45, 7) is 1.44. The highest BCUT2D eigenvalue weighted by molar-refractivity contribution is 7.98. The number of nitrogens with zero attached hydrogens (tertiary/aromatic N) is 3. The second kappa shape index (κ2) is 9.41. The minimum absolute atomic E-state index is 0.0171. The van der Waals surface area contributed by atoms with Gasteiger partial charge in [-0.05, 0) is 30.4 Å². The molecule has 0 saturated heterocycles. The number of benzene rings is 1. The van der Waals surface area contributed by atoms with Crippen LogP contribution in [0.4, 0.5) is 4.39 Å². The highest BCUT2D eigenvalue weighted by Gasteiger charge is 2.29. The van der Waals surface area contributed by atoms with Crippen LogP contribution in [-0.2, 0) is 17.8 Å². The van der Waals surface area contributed by atoms with E-state index < -0.39 is 30.4 Å². The average Bonchev–Trinajstić information content (AvgIpc) is 3.04. The van der Waals surface area contributed by atoms with Crippen molar-refractivity contribution >= 4 is 34.5 Å². The number of aromatic nitrogens is 3. The van der Waals surface area contributed by atoms with Crippen molar-refractivity contribution in [3.63, 3.8) is 0 Å². The number of amides is 1. The number of halogens is 1. The number of ether oxygens (including phenoxy) is 1. The molecule has 0 spiro atoms. The van der Waals surface area contributed by atoms with Crippen LogP contribution in [0, 0.1) is 5.82 Å².